The molecule has 0 spiro atoms. The number of hydrogen-bond acceptors (Lipinski definition) is 13. The van der Waals surface area contributed by atoms with Gasteiger partial charge in [0.25, 0.3) is 0 Å². The molecule has 1 N–H and O–H groups in total. The number of carbonyl (C=O) groups excluding carboxylic acids is 5. The van der Waals surface area contributed by atoms with E-state index in [0.717, 1.165) is 39.3 Å². The van der Waals surface area contributed by atoms with Crippen LogP contribution < -0.4 is 4.74 Å². The predicted molar refractivity (Wildman–Crippen MR) is 136 cm³/mol. The van der Waals surface area contributed by atoms with E-state index in [1.54, 1.807) is 24.3 Å². The summed E-state index contributed by atoms with van der Waals surface area (Å²) in [5, 5.41) is 10.6. The summed E-state index contributed by atoms with van der Waals surface area (Å²) in [7, 11) is 0. The summed E-state index contributed by atoms with van der Waals surface area (Å²) in [6.07, 6.45) is -7.11. The van der Waals surface area contributed by atoms with Crippen LogP contribution in [0.1, 0.15) is 43.6 Å². The van der Waals surface area contributed by atoms with Crippen molar-refractivity contribution in [3.8, 4) is 11.5 Å². The number of phenolic OH excluding ortho intramolecular Hbond substituents is 1. The number of ether oxygens (including phenoxy) is 7. The summed E-state index contributed by atoms with van der Waals surface area (Å²) >= 11 is 0. The smallest absolute Gasteiger partial charge is 0.338 e. The van der Waals surface area contributed by atoms with E-state index >= 15 is 0 Å². The molecule has 5 atom stereocenters. The Balaban J connectivity index is 1.87. The van der Waals surface area contributed by atoms with Crippen LogP contribution in [0.15, 0.2) is 48.5 Å². The van der Waals surface area contributed by atoms with Gasteiger partial charge in [-0.05, 0) is 23.8 Å². The van der Waals surface area contributed by atoms with E-state index in [1.807, 2.05) is 6.07 Å². The second-order valence-corrected chi connectivity index (χ2v) is 8.93. The first-order chi connectivity index (χ1) is 19.4. The number of benzene rings is 2. The summed E-state index contributed by atoms with van der Waals surface area (Å²) in [5.74, 6) is -4.48. The average Bonchev–Trinajstić information content (AvgIpc) is 2.90. The van der Waals surface area contributed by atoms with Crippen LogP contribution in [0.2, 0.25) is 0 Å². The summed E-state index contributed by atoms with van der Waals surface area (Å²) in [4.78, 5) is 59.7. The summed E-state index contributed by atoms with van der Waals surface area (Å²) in [6, 6.07) is 12.7. The van der Waals surface area contributed by atoms with Gasteiger partial charge in [-0.15, -0.1) is 0 Å². The third kappa shape index (κ3) is 8.93. The molecular weight excluding hydrogens is 544 g/mol. The van der Waals surface area contributed by atoms with E-state index < -0.39 is 72.9 Å². The molecule has 1 heterocycles. The Kier molecular flexibility index (Phi) is 10.6. The number of hydrogen-bond donors (Lipinski definition) is 1. The van der Waals surface area contributed by atoms with Crippen LogP contribution >= 0.6 is 0 Å². The zero-order valence-corrected chi connectivity index (χ0v) is 22.8. The van der Waals surface area contributed by atoms with Gasteiger partial charge in [0.15, 0.2) is 23.7 Å². The molecule has 1 aliphatic heterocycles. The third-order valence-electron chi connectivity index (χ3n) is 5.60. The highest BCUT2D eigenvalue weighted by molar-refractivity contribution is 5.90. The molecule has 0 radical (unpaired) electrons. The molecule has 0 bridgehead atoms. The van der Waals surface area contributed by atoms with E-state index in [1.165, 1.54) is 12.1 Å². The highest BCUT2D eigenvalue weighted by Crippen LogP contribution is 2.34. The van der Waals surface area contributed by atoms with Crippen LogP contribution in [-0.4, -0.2) is 72.3 Å². The highest BCUT2D eigenvalue weighted by atomic mass is 16.7. The zero-order chi connectivity index (χ0) is 30.1. The van der Waals surface area contributed by atoms with Crippen LogP contribution in [0.5, 0.6) is 11.5 Å². The van der Waals surface area contributed by atoms with Crippen LogP contribution in [0.25, 0.3) is 0 Å². The van der Waals surface area contributed by atoms with Gasteiger partial charge in [-0.1, -0.05) is 30.3 Å². The molecule has 0 amide bonds. The summed E-state index contributed by atoms with van der Waals surface area (Å²) in [6.45, 7) is 3.98. The molecule has 0 aliphatic carbocycles. The van der Waals surface area contributed by atoms with Gasteiger partial charge in [0.2, 0.25) is 12.4 Å². The summed E-state index contributed by atoms with van der Waals surface area (Å²) in [5.41, 5.74) is 0.793. The maximum Gasteiger partial charge on any atom is 0.338 e. The fourth-order valence-electron chi connectivity index (χ4n) is 3.96. The number of esters is 5. The van der Waals surface area contributed by atoms with Crippen molar-refractivity contribution >= 4 is 29.8 Å². The molecule has 1 aliphatic rings. The lowest BCUT2D eigenvalue weighted by molar-refractivity contribution is -0.288. The molecule has 2 aromatic rings. The Morgan fingerprint density at radius 1 is 0.756 bits per heavy atom. The van der Waals surface area contributed by atoms with Crippen molar-refractivity contribution < 1.29 is 62.2 Å². The maximum absolute atomic E-state index is 12.5. The standard InChI is InChI=1S/C28H30O13/c1-15(29)35-14-23-24(37-16(2)30)25(38-17(3)31)26(39-18(4)32)28(41-23)40-22-11-10-20(12-21(22)33)27(34)36-13-19-8-6-5-7-9-19/h5-12,23-26,28,33H,13-14H2,1-4H3/t23-,24+,25+,26-,28?/m1/s1. The summed E-state index contributed by atoms with van der Waals surface area (Å²) < 4.78 is 37.9. The molecule has 1 saturated heterocycles. The quantitative estimate of drug-likeness (QED) is 0.324. The largest absolute Gasteiger partial charge is 0.504 e. The zero-order valence-electron chi connectivity index (χ0n) is 22.8. The molecule has 2 aromatic carbocycles. The first kappa shape index (κ1) is 30.9. The molecule has 3 rings (SSSR count). The van der Waals surface area contributed by atoms with Crippen LogP contribution in [0.3, 0.4) is 0 Å². The SMILES string of the molecule is CC(=O)OC[C@H]1OC(Oc2ccc(C(=O)OCc3ccccc3)cc2O)[C@H](OC(C)=O)[C@@H](OC(C)=O)[C@H]1OC(C)=O. The van der Waals surface area contributed by atoms with Crippen molar-refractivity contribution in [1.82, 2.24) is 0 Å². The second kappa shape index (κ2) is 14.1. The molecule has 1 fully saturated rings. The Bertz CT molecular complexity index is 1260. The van der Waals surface area contributed by atoms with Crippen molar-refractivity contribution in [2.45, 2.75) is 65.0 Å². The molecular formula is C28H30O13. The Labute approximate surface area is 235 Å². The first-order valence-corrected chi connectivity index (χ1v) is 12.5. The Morgan fingerprint density at radius 3 is 1.95 bits per heavy atom. The fourth-order valence-corrected chi connectivity index (χ4v) is 3.96. The monoisotopic (exact) mass is 574 g/mol. The lowest BCUT2D eigenvalue weighted by atomic mass is 9.98. The Hall–Kier alpha value is -4.65. The van der Waals surface area contributed by atoms with Crippen molar-refractivity contribution in [2.75, 3.05) is 6.61 Å². The fraction of sp³-hybridized carbons (Fsp3) is 0.393. The predicted octanol–water partition coefficient (Wildman–Crippen LogP) is 2.21. The van der Waals surface area contributed by atoms with E-state index in [-0.39, 0.29) is 17.9 Å². The van der Waals surface area contributed by atoms with E-state index in [2.05, 4.69) is 0 Å². The van der Waals surface area contributed by atoms with Gasteiger partial charge in [-0.25, -0.2) is 4.79 Å². The van der Waals surface area contributed by atoms with Crippen molar-refractivity contribution in [3.05, 3.63) is 59.7 Å². The van der Waals surface area contributed by atoms with Gasteiger partial charge in [-0.2, -0.15) is 0 Å². The molecule has 220 valence electrons. The average molecular weight is 575 g/mol. The molecule has 13 nitrogen and oxygen atoms in total. The van der Waals surface area contributed by atoms with Gasteiger partial charge in [0.1, 0.15) is 19.3 Å². The van der Waals surface area contributed by atoms with Gasteiger partial charge >= 0.3 is 29.8 Å². The van der Waals surface area contributed by atoms with Gasteiger partial charge in [-0.3, -0.25) is 19.2 Å². The lowest BCUT2D eigenvalue weighted by Gasteiger charge is -2.43. The highest BCUT2D eigenvalue weighted by Gasteiger charge is 2.53. The number of aromatic hydroxyl groups is 1. The third-order valence-corrected chi connectivity index (χ3v) is 5.60. The number of rotatable bonds is 10. The minimum Gasteiger partial charge on any atom is -0.504 e. The first-order valence-electron chi connectivity index (χ1n) is 12.5. The second-order valence-electron chi connectivity index (χ2n) is 8.93. The van der Waals surface area contributed by atoms with Crippen molar-refractivity contribution in [1.29, 1.82) is 0 Å². The molecule has 1 unspecified atom stereocenters. The molecule has 0 aromatic heterocycles. The molecule has 41 heavy (non-hydrogen) atoms. The van der Waals surface area contributed by atoms with E-state index in [4.69, 9.17) is 33.2 Å². The van der Waals surface area contributed by atoms with Gasteiger partial charge in [0.05, 0.1) is 5.56 Å². The van der Waals surface area contributed by atoms with Crippen LogP contribution in [0.4, 0.5) is 0 Å². The number of phenols is 1. The number of carbonyl (C=O) groups is 5. The topological polar surface area (TPSA) is 170 Å². The van der Waals surface area contributed by atoms with Crippen molar-refractivity contribution in [2.24, 2.45) is 0 Å². The minimum absolute atomic E-state index is 0.0173. The lowest BCUT2D eigenvalue weighted by Crippen LogP contribution is -2.63. The van der Waals surface area contributed by atoms with Gasteiger partial charge in [0, 0.05) is 27.7 Å². The molecule has 13 heteroatoms. The van der Waals surface area contributed by atoms with Gasteiger partial charge < -0.3 is 38.3 Å². The minimum atomic E-state index is -1.56. The molecule has 0 saturated carbocycles. The Morgan fingerprint density at radius 2 is 1.37 bits per heavy atom. The van der Waals surface area contributed by atoms with E-state index in [0.29, 0.717) is 0 Å². The van der Waals surface area contributed by atoms with Crippen LogP contribution in [-0.2, 0) is 54.2 Å². The van der Waals surface area contributed by atoms with Crippen molar-refractivity contribution in [3.63, 3.8) is 0 Å². The van der Waals surface area contributed by atoms with Crippen LogP contribution in [0, 0.1) is 0 Å². The normalized spacial score (nSPS) is 21.6. The maximum atomic E-state index is 12.5. The van der Waals surface area contributed by atoms with E-state index in [9.17, 15) is 29.1 Å².